The predicted octanol–water partition coefficient (Wildman–Crippen LogP) is 2.59. The van der Waals surface area contributed by atoms with Gasteiger partial charge >= 0.3 is 0 Å². The van der Waals surface area contributed by atoms with Crippen LogP contribution in [0.25, 0.3) is 0 Å². The standard InChI is InChI=1S/C13H14ClN3O3S/c1-15-11-4-3-7-16-13(11)21(18,19)17-9-5-6-12(20-2)10(14)8-9/h3-8,15,17H,1-2H3. The summed E-state index contributed by atoms with van der Waals surface area (Å²) < 4.78 is 32.2. The van der Waals surface area contributed by atoms with Crippen LogP contribution in [0.5, 0.6) is 5.75 Å². The van der Waals surface area contributed by atoms with Gasteiger partial charge in [-0.3, -0.25) is 4.72 Å². The average molecular weight is 328 g/mol. The Morgan fingerprint density at radius 2 is 2.05 bits per heavy atom. The summed E-state index contributed by atoms with van der Waals surface area (Å²) >= 11 is 5.98. The number of nitrogens with one attached hydrogen (secondary N) is 2. The third-order valence-corrected chi connectivity index (χ3v) is 4.33. The fraction of sp³-hybridized carbons (Fsp3) is 0.154. The van der Waals surface area contributed by atoms with Crippen LogP contribution in [-0.2, 0) is 10.0 Å². The highest BCUT2D eigenvalue weighted by atomic mass is 35.5. The molecule has 0 radical (unpaired) electrons. The zero-order chi connectivity index (χ0) is 15.5. The van der Waals surface area contributed by atoms with Gasteiger partial charge in [-0.15, -0.1) is 0 Å². The smallest absolute Gasteiger partial charge is 0.281 e. The molecule has 0 saturated carbocycles. The molecule has 0 aliphatic carbocycles. The van der Waals surface area contributed by atoms with Gasteiger partial charge in [0.15, 0.2) is 5.03 Å². The third-order valence-electron chi connectivity index (χ3n) is 2.70. The molecule has 1 heterocycles. The summed E-state index contributed by atoms with van der Waals surface area (Å²) in [6.45, 7) is 0. The van der Waals surface area contributed by atoms with Gasteiger partial charge in [0.05, 0.1) is 23.5 Å². The molecular weight excluding hydrogens is 314 g/mol. The second kappa shape index (κ2) is 6.19. The van der Waals surface area contributed by atoms with E-state index in [4.69, 9.17) is 16.3 Å². The van der Waals surface area contributed by atoms with E-state index in [0.717, 1.165) is 0 Å². The lowest BCUT2D eigenvalue weighted by Gasteiger charge is -2.11. The Hall–Kier alpha value is -1.99. The summed E-state index contributed by atoms with van der Waals surface area (Å²) in [6, 6.07) is 7.89. The van der Waals surface area contributed by atoms with E-state index < -0.39 is 10.0 Å². The Kier molecular flexibility index (Phi) is 4.54. The molecule has 0 aliphatic rings. The van der Waals surface area contributed by atoms with Crippen LogP contribution in [-0.4, -0.2) is 27.6 Å². The first kappa shape index (κ1) is 15.4. The highest BCUT2D eigenvalue weighted by molar-refractivity contribution is 7.92. The quantitative estimate of drug-likeness (QED) is 0.882. The van der Waals surface area contributed by atoms with Crippen LogP contribution in [0.3, 0.4) is 0 Å². The van der Waals surface area contributed by atoms with E-state index in [1.54, 1.807) is 31.3 Å². The summed E-state index contributed by atoms with van der Waals surface area (Å²) in [7, 11) is -0.706. The van der Waals surface area contributed by atoms with E-state index in [1.165, 1.54) is 19.4 Å². The number of methoxy groups -OCH3 is 1. The SMILES string of the molecule is CNc1cccnc1S(=O)(=O)Nc1ccc(OC)c(Cl)c1. The molecule has 0 bridgehead atoms. The lowest BCUT2D eigenvalue weighted by Crippen LogP contribution is -2.16. The molecular formula is C13H14ClN3O3S. The third kappa shape index (κ3) is 3.37. The summed E-state index contributed by atoms with van der Waals surface area (Å²) in [5.74, 6) is 0.466. The second-order valence-electron chi connectivity index (χ2n) is 4.06. The van der Waals surface area contributed by atoms with Crippen LogP contribution >= 0.6 is 11.6 Å². The molecule has 1 aromatic carbocycles. The van der Waals surface area contributed by atoms with E-state index in [2.05, 4.69) is 15.0 Å². The molecule has 1 aromatic heterocycles. The van der Waals surface area contributed by atoms with Gasteiger partial charge in [0.25, 0.3) is 10.0 Å². The number of benzene rings is 1. The monoisotopic (exact) mass is 327 g/mol. The zero-order valence-electron chi connectivity index (χ0n) is 11.4. The summed E-state index contributed by atoms with van der Waals surface area (Å²) in [6.07, 6.45) is 1.41. The number of sulfonamides is 1. The van der Waals surface area contributed by atoms with Crippen LogP contribution < -0.4 is 14.8 Å². The lowest BCUT2D eigenvalue weighted by molar-refractivity contribution is 0.415. The number of hydrogen-bond acceptors (Lipinski definition) is 5. The van der Waals surface area contributed by atoms with Gasteiger partial charge in [-0.1, -0.05) is 11.6 Å². The normalized spacial score (nSPS) is 11.0. The van der Waals surface area contributed by atoms with Crippen molar-refractivity contribution in [2.24, 2.45) is 0 Å². The Bertz CT molecular complexity index is 750. The topological polar surface area (TPSA) is 80.3 Å². The van der Waals surface area contributed by atoms with Crippen LogP contribution in [0.2, 0.25) is 5.02 Å². The highest BCUT2D eigenvalue weighted by Gasteiger charge is 2.20. The fourth-order valence-electron chi connectivity index (χ4n) is 1.73. The number of pyridine rings is 1. The van der Waals surface area contributed by atoms with Crippen LogP contribution in [0, 0.1) is 0 Å². The first-order chi connectivity index (χ1) is 9.97. The maximum atomic E-state index is 12.4. The summed E-state index contributed by atoms with van der Waals surface area (Å²) in [5, 5.41) is 3.02. The highest BCUT2D eigenvalue weighted by Crippen LogP contribution is 2.29. The van der Waals surface area contributed by atoms with E-state index >= 15 is 0 Å². The number of halogens is 1. The molecule has 21 heavy (non-hydrogen) atoms. The van der Waals surface area contributed by atoms with E-state index in [-0.39, 0.29) is 5.03 Å². The molecule has 0 aliphatic heterocycles. The van der Waals surface area contributed by atoms with Crippen LogP contribution in [0.4, 0.5) is 11.4 Å². The molecule has 0 atom stereocenters. The van der Waals surface area contributed by atoms with Gasteiger partial charge in [0.1, 0.15) is 5.75 Å². The minimum Gasteiger partial charge on any atom is -0.495 e. The van der Waals surface area contributed by atoms with Crippen molar-refractivity contribution in [3.8, 4) is 5.75 Å². The maximum absolute atomic E-state index is 12.4. The summed E-state index contributed by atoms with van der Waals surface area (Å²) in [4.78, 5) is 3.90. The van der Waals surface area contributed by atoms with Gasteiger partial charge in [0.2, 0.25) is 0 Å². The molecule has 6 nitrogen and oxygen atoms in total. The second-order valence-corrected chi connectivity index (χ2v) is 6.07. The van der Waals surface area contributed by atoms with Gasteiger partial charge in [-0.25, -0.2) is 4.98 Å². The van der Waals surface area contributed by atoms with E-state index in [9.17, 15) is 8.42 Å². The van der Waals surface area contributed by atoms with Gasteiger partial charge in [-0.05, 0) is 30.3 Å². The molecule has 2 N–H and O–H groups in total. The predicted molar refractivity (Wildman–Crippen MR) is 82.6 cm³/mol. The molecule has 0 unspecified atom stereocenters. The molecule has 2 rings (SSSR count). The first-order valence-corrected chi connectivity index (χ1v) is 7.83. The van der Waals surface area contributed by atoms with Crippen molar-refractivity contribution in [3.63, 3.8) is 0 Å². The zero-order valence-corrected chi connectivity index (χ0v) is 13.0. The molecule has 8 heteroatoms. The van der Waals surface area contributed by atoms with E-state index in [1.807, 2.05) is 0 Å². The van der Waals surface area contributed by atoms with Crippen molar-refractivity contribution in [3.05, 3.63) is 41.6 Å². The number of anilines is 2. The molecule has 0 fully saturated rings. The Morgan fingerprint density at radius 3 is 2.67 bits per heavy atom. The van der Waals surface area contributed by atoms with Crippen molar-refractivity contribution >= 4 is 33.0 Å². The molecule has 0 amide bonds. The Balaban J connectivity index is 2.35. The fourth-order valence-corrected chi connectivity index (χ4v) is 3.18. The van der Waals surface area contributed by atoms with E-state index in [0.29, 0.717) is 22.1 Å². The number of rotatable bonds is 5. The van der Waals surface area contributed by atoms with Crippen LogP contribution in [0.15, 0.2) is 41.6 Å². The minimum absolute atomic E-state index is 0.0839. The van der Waals surface area contributed by atoms with Gasteiger partial charge in [-0.2, -0.15) is 8.42 Å². The van der Waals surface area contributed by atoms with Gasteiger partial charge < -0.3 is 10.1 Å². The first-order valence-electron chi connectivity index (χ1n) is 5.97. The molecule has 0 spiro atoms. The van der Waals surface area contributed by atoms with Crippen molar-refractivity contribution in [1.82, 2.24) is 4.98 Å². The number of nitrogens with zero attached hydrogens (tertiary/aromatic N) is 1. The minimum atomic E-state index is -3.82. The molecule has 2 aromatic rings. The molecule has 112 valence electrons. The average Bonchev–Trinajstić information content (AvgIpc) is 2.47. The van der Waals surface area contributed by atoms with Crippen molar-refractivity contribution in [1.29, 1.82) is 0 Å². The number of aromatic nitrogens is 1. The maximum Gasteiger partial charge on any atom is 0.281 e. The van der Waals surface area contributed by atoms with Crippen LogP contribution in [0.1, 0.15) is 0 Å². The van der Waals surface area contributed by atoms with Gasteiger partial charge in [0, 0.05) is 13.2 Å². The van der Waals surface area contributed by atoms with Crippen molar-refractivity contribution < 1.29 is 13.2 Å². The lowest BCUT2D eigenvalue weighted by atomic mass is 10.3. The number of ether oxygens (including phenoxy) is 1. The van der Waals surface area contributed by atoms with Crippen molar-refractivity contribution in [2.45, 2.75) is 5.03 Å². The Labute approximate surface area is 128 Å². The Morgan fingerprint density at radius 1 is 1.29 bits per heavy atom. The largest absolute Gasteiger partial charge is 0.495 e. The molecule has 0 saturated heterocycles. The number of hydrogen-bond donors (Lipinski definition) is 2. The summed E-state index contributed by atoms with van der Waals surface area (Å²) in [5.41, 5.74) is 0.734. The van der Waals surface area contributed by atoms with Crippen molar-refractivity contribution in [2.75, 3.05) is 24.2 Å².